The van der Waals surface area contributed by atoms with Crippen molar-refractivity contribution in [3.63, 3.8) is 0 Å². The van der Waals surface area contributed by atoms with Crippen LogP contribution in [0.15, 0.2) is 0 Å². The minimum absolute atomic E-state index is 0.0336. The first-order valence-electron chi connectivity index (χ1n) is 17.2. The molecule has 0 aliphatic rings. The molecule has 0 spiro atoms. The van der Waals surface area contributed by atoms with Crippen molar-refractivity contribution in [2.24, 2.45) is 0 Å². The second kappa shape index (κ2) is 31.5. The Morgan fingerprint density at radius 1 is 0.450 bits per heavy atom. The third-order valence-corrected chi connectivity index (χ3v) is 9.86. The Morgan fingerprint density at radius 2 is 0.700 bits per heavy atom. The van der Waals surface area contributed by atoms with Gasteiger partial charge in [0.2, 0.25) is 35.4 Å². The van der Waals surface area contributed by atoms with Crippen LogP contribution in [0.4, 0.5) is 0 Å². The van der Waals surface area contributed by atoms with Crippen LogP contribution in [0.3, 0.4) is 0 Å². The highest BCUT2D eigenvalue weighted by molar-refractivity contribution is 8.76. The molecule has 60 heavy (non-hydrogen) atoms. The third-order valence-electron chi connectivity index (χ3n) is 7.07. The summed E-state index contributed by atoms with van der Waals surface area (Å²) in [5.74, 6) is -13.9. The molecule has 0 aliphatic carbocycles. The van der Waals surface area contributed by atoms with E-state index in [1.807, 2.05) is 16.0 Å². The number of hydrogen-bond donors (Lipinski definition) is 10. The van der Waals surface area contributed by atoms with Gasteiger partial charge in [0.1, 0.15) is 36.3 Å². The van der Waals surface area contributed by atoms with Crippen molar-refractivity contribution in [3.05, 3.63) is 0 Å². The van der Waals surface area contributed by atoms with Gasteiger partial charge in [0.25, 0.3) is 0 Å². The van der Waals surface area contributed by atoms with E-state index >= 15 is 0 Å². The van der Waals surface area contributed by atoms with Crippen LogP contribution in [-0.2, 0) is 57.5 Å². The van der Waals surface area contributed by atoms with Crippen LogP contribution in [-0.4, -0.2) is 144 Å². The third kappa shape index (κ3) is 28.9. The topological polar surface area (TPSA) is 498 Å². The number of carbonyl (C=O) groups excluding carboxylic acids is 12. The number of nitrogens with one attached hydrogen (secondary N) is 6. The van der Waals surface area contributed by atoms with E-state index in [9.17, 15) is 88.2 Å². The van der Waals surface area contributed by atoms with Crippen molar-refractivity contribution in [2.75, 3.05) is 36.9 Å². The van der Waals surface area contributed by atoms with Crippen LogP contribution in [0, 0.1) is 0 Å². The Labute approximate surface area is 353 Å². The average Bonchev–Trinajstić information content (AvgIpc) is 3.17. The lowest BCUT2D eigenvalue weighted by Gasteiger charge is -2.20. The average molecular weight is 917 g/mol. The summed E-state index contributed by atoms with van der Waals surface area (Å²) in [6.45, 7) is -2.38. The maximum atomic E-state index is 12.3. The zero-order valence-corrected chi connectivity index (χ0v) is 34.2. The number of thiol groups is 1. The van der Waals surface area contributed by atoms with Gasteiger partial charge in [-0.25, -0.2) is 0 Å². The van der Waals surface area contributed by atoms with Gasteiger partial charge >= 0.3 is 0 Å². The molecule has 15 N–H and O–H groups in total. The number of carboxylic acids is 6. The molecule has 0 fully saturated rings. The minimum Gasteiger partial charge on any atom is -0.548 e. The van der Waals surface area contributed by atoms with E-state index in [0.717, 1.165) is 21.6 Å². The molecule has 0 saturated carbocycles. The van der Waals surface area contributed by atoms with Crippen LogP contribution in [0.5, 0.6) is 0 Å². The Kier molecular flexibility index (Phi) is 29.7. The Balaban J connectivity index is 0. The first-order chi connectivity index (χ1) is 27.9. The van der Waals surface area contributed by atoms with Gasteiger partial charge in [0.15, 0.2) is 0 Å². The van der Waals surface area contributed by atoms with Crippen LogP contribution < -0.4 is 79.7 Å². The predicted molar refractivity (Wildman–Crippen MR) is 191 cm³/mol. The molecular weight excluding hydrogens is 871 g/mol. The van der Waals surface area contributed by atoms with Gasteiger partial charge in [0, 0.05) is 55.8 Å². The maximum Gasteiger partial charge on any atom is 0.243 e. The van der Waals surface area contributed by atoms with Gasteiger partial charge in [-0.15, -0.1) is 0 Å². The number of rotatable bonds is 30. The van der Waals surface area contributed by atoms with Crippen molar-refractivity contribution in [2.45, 2.75) is 74.8 Å². The van der Waals surface area contributed by atoms with E-state index in [1.165, 1.54) is 0 Å². The van der Waals surface area contributed by atoms with Crippen LogP contribution in [0.2, 0.25) is 0 Å². The molecule has 27 nitrogen and oxygen atoms in total. The lowest BCUT2D eigenvalue weighted by molar-refractivity contribution is -0.438. The van der Waals surface area contributed by atoms with E-state index in [1.54, 1.807) is 0 Å². The fourth-order valence-electron chi connectivity index (χ4n) is 3.71. The van der Waals surface area contributed by atoms with Crippen molar-refractivity contribution < 1.29 is 105 Å². The minimum atomic E-state index is -1.60. The lowest BCUT2D eigenvalue weighted by atomic mass is 10.1. The molecule has 0 aromatic heterocycles. The summed E-state index contributed by atoms with van der Waals surface area (Å²) in [4.78, 5) is 135. The summed E-state index contributed by atoms with van der Waals surface area (Å²) < 4.78 is 0. The molecule has 6 amide bonds. The normalized spacial score (nSPS) is 13.4. The Bertz CT molecular complexity index is 1470. The largest absolute Gasteiger partial charge is 0.548 e. The summed E-state index contributed by atoms with van der Waals surface area (Å²) in [5.41, 5.74) is 9.89. The highest BCUT2D eigenvalue weighted by atomic mass is 33.1. The summed E-state index contributed by atoms with van der Waals surface area (Å²) in [5, 5.41) is 76.4. The molecule has 0 heterocycles. The molecule has 30 heteroatoms. The van der Waals surface area contributed by atoms with Crippen molar-refractivity contribution >= 4 is 105 Å². The summed E-state index contributed by atoms with van der Waals surface area (Å²) in [6, 6.07) is -7.00. The van der Waals surface area contributed by atoms with Crippen LogP contribution >= 0.6 is 34.2 Å². The van der Waals surface area contributed by atoms with E-state index in [-0.39, 0.29) is 55.8 Å². The number of hydrogen-bond acceptors (Lipinski definition) is 21. The van der Waals surface area contributed by atoms with Crippen molar-refractivity contribution in [1.82, 2.24) is 31.9 Å². The highest BCUT2D eigenvalue weighted by Crippen LogP contribution is 2.23. The summed E-state index contributed by atoms with van der Waals surface area (Å²) >= 11 is 3.86. The number of carbonyl (C=O) groups is 12. The van der Waals surface area contributed by atoms with Crippen LogP contribution in [0.1, 0.15) is 38.5 Å². The van der Waals surface area contributed by atoms with E-state index in [4.69, 9.17) is 0 Å². The van der Waals surface area contributed by atoms with E-state index < -0.39 is 127 Å². The quantitative estimate of drug-likeness (QED) is 0.0182. The fraction of sp³-hybridized carbons (Fsp3) is 0.600. The van der Waals surface area contributed by atoms with Gasteiger partial charge in [0.05, 0.1) is 55.5 Å². The zero-order valence-electron chi connectivity index (χ0n) is 31.7. The molecule has 6 unspecified atom stereocenters. The second-order valence-corrected chi connectivity index (χ2v) is 15.0. The Hall–Kier alpha value is -5.43. The first-order valence-corrected chi connectivity index (χ1v) is 20.3. The maximum absolute atomic E-state index is 12.3. The molecular formula is C30H46N9O18S3-3. The van der Waals surface area contributed by atoms with Crippen LogP contribution in [0.25, 0.3) is 0 Å². The van der Waals surface area contributed by atoms with Gasteiger partial charge in [-0.2, -0.15) is 12.6 Å². The van der Waals surface area contributed by atoms with Crippen molar-refractivity contribution in [1.29, 1.82) is 0 Å². The van der Waals surface area contributed by atoms with Gasteiger partial charge in [-0.3, -0.25) is 28.8 Å². The van der Waals surface area contributed by atoms with E-state index in [2.05, 4.69) is 45.8 Å². The van der Waals surface area contributed by atoms with Gasteiger partial charge < -0.3 is 109 Å². The zero-order chi connectivity index (χ0) is 46.5. The smallest absolute Gasteiger partial charge is 0.243 e. The summed E-state index contributed by atoms with van der Waals surface area (Å²) in [6.07, 6.45) is -1.23. The molecule has 6 atom stereocenters. The standard InChI is InChI=1S/C20H32N6O12S2.C10H17N3O6S/c21-9(19(35)36)1-3-13(27)25-11(17(33)23-5-15(29)30)7-39-40-8-12(18(34)24-6-16(31)32)26-14(28)4-2-10(22)20(37)38;11-5(10(18)19)1-2-7(14)13-6(4-20)9(17)12-3-8(15)16/h9-12H,1-8,21-22H2,(H,23,33)(H,24,34)(H,25,27)(H,26,28)(H,29,30)(H,31,32)(H,35,36)(H,37,38);5-6,20H,1-4,11H2,(H,12,17)(H,13,14)(H,15,16)(H,18,19)/p-3. The Morgan fingerprint density at radius 3 is 0.933 bits per heavy atom. The molecule has 0 rings (SSSR count). The lowest BCUT2D eigenvalue weighted by Crippen LogP contribution is -2.68. The molecule has 0 bridgehead atoms. The molecule has 0 radical (unpaired) electrons. The fourth-order valence-corrected chi connectivity index (χ4v) is 6.29. The monoisotopic (exact) mass is 916 g/mol. The molecule has 0 aliphatic heterocycles. The highest BCUT2D eigenvalue weighted by Gasteiger charge is 2.25. The molecule has 0 aromatic rings. The molecule has 0 aromatic carbocycles. The van der Waals surface area contributed by atoms with Gasteiger partial charge in [-0.1, -0.05) is 21.6 Å². The number of aliphatic carboxylic acids is 6. The predicted octanol–water partition coefficient (Wildman–Crippen LogP) is -16.2. The molecule has 340 valence electrons. The van der Waals surface area contributed by atoms with Gasteiger partial charge in [-0.05, 0) is 0 Å². The SMILES string of the molecule is [NH3+]C(CCC(=O)NC(CS)C(=O)NCC(=O)[O-])C(=O)[O-].[NH3+]C(CCC(=O)NC(CSSCC(NC(=O)CCC([NH3+])C(=O)[O-])C(=O)NCC(=O)[O-])C(=O)NCC(=O)[O-])C(=O)[O-]. The number of amides is 6. The second-order valence-electron chi connectivity index (χ2n) is 12.0. The van der Waals surface area contributed by atoms with Crippen molar-refractivity contribution in [3.8, 4) is 0 Å². The number of quaternary nitrogens is 3. The number of carboxylic acid groups (broad SMARTS) is 6. The van der Waals surface area contributed by atoms with E-state index in [0.29, 0.717) is 0 Å². The molecule has 0 saturated heterocycles. The summed E-state index contributed by atoms with van der Waals surface area (Å²) in [7, 11) is 1.84. The first kappa shape index (κ1) is 56.7.